The van der Waals surface area contributed by atoms with Crippen LogP contribution in [0.5, 0.6) is 11.5 Å². The molecule has 0 atom stereocenters. The quantitative estimate of drug-likeness (QED) is 0.380. The number of para-hydroxylation sites is 2. The Bertz CT molecular complexity index is 1320. The maximum atomic E-state index is 10.1. The van der Waals surface area contributed by atoms with Crippen molar-refractivity contribution in [1.29, 1.82) is 5.26 Å². The van der Waals surface area contributed by atoms with Crippen LogP contribution in [0.1, 0.15) is 16.1 Å². The third-order valence-corrected chi connectivity index (χ3v) is 5.99. The molecular formula is C25H16N2O2S. The highest BCUT2D eigenvalue weighted by atomic mass is 32.1. The zero-order valence-corrected chi connectivity index (χ0v) is 16.9. The Hall–Kier alpha value is -3.88. The number of aromatic nitrogens is 1. The van der Waals surface area contributed by atoms with E-state index < -0.39 is 0 Å². The standard InChI is InChI=1S/C25H16N2O2S/c1-28-17-12-10-16(11-13-17)23-14-19(18-6-2-4-8-22(18)29-23)20(15-26)25-27-21-7-3-5-9-24(21)30-25/h2-14H,1H3/b20-19-. The smallest absolute Gasteiger partial charge is 0.135 e. The van der Waals surface area contributed by atoms with Crippen molar-refractivity contribution in [3.05, 3.63) is 95.0 Å². The monoisotopic (exact) mass is 408 g/mol. The summed E-state index contributed by atoms with van der Waals surface area (Å²) >= 11 is 1.52. The minimum atomic E-state index is 0.540. The van der Waals surface area contributed by atoms with Crippen LogP contribution in [-0.4, -0.2) is 12.1 Å². The predicted molar refractivity (Wildman–Crippen MR) is 120 cm³/mol. The van der Waals surface area contributed by atoms with E-state index in [1.54, 1.807) is 7.11 Å². The number of fused-ring (bicyclic) bond motifs is 2. The van der Waals surface area contributed by atoms with E-state index in [9.17, 15) is 5.26 Å². The highest BCUT2D eigenvalue weighted by Crippen LogP contribution is 2.41. The van der Waals surface area contributed by atoms with Crippen LogP contribution in [0.25, 0.3) is 27.1 Å². The summed E-state index contributed by atoms with van der Waals surface area (Å²) in [5.74, 6) is 2.17. The number of benzene rings is 3. The number of nitriles is 1. The Morgan fingerprint density at radius 3 is 2.53 bits per heavy atom. The molecule has 1 aliphatic heterocycles. The summed E-state index contributed by atoms with van der Waals surface area (Å²) in [5.41, 5.74) is 4.03. The van der Waals surface area contributed by atoms with Crippen LogP contribution < -0.4 is 9.47 Å². The first-order valence-electron chi connectivity index (χ1n) is 9.40. The Morgan fingerprint density at radius 2 is 1.77 bits per heavy atom. The molecule has 0 aliphatic carbocycles. The average molecular weight is 408 g/mol. The van der Waals surface area contributed by atoms with Crippen molar-refractivity contribution in [1.82, 2.24) is 4.98 Å². The molecule has 0 spiro atoms. The van der Waals surface area contributed by atoms with Crippen LogP contribution in [0.15, 0.2) is 78.9 Å². The maximum Gasteiger partial charge on any atom is 0.135 e. The number of hydrogen-bond acceptors (Lipinski definition) is 5. The first-order chi connectivity index (χ1) is 14.8. The van der Waals surface area contributed by atoms with Crippen molar-refractivity contribution in [2.45, 2.75) is 0 Å². The molecule has 0 amide bonds. The molecule has 0 bridgehead atoms. The Morgan fingerprint density at radius 1 is 1.00 bits per heavy atom. The van der Waals surface area contributed by atoms with Gasteiger partial charge in [-0.25, -0.2) is 4.98 Å². The van der Waals surface area contributed by atoms with E-state index in [1.807, 2.05) is 78.9 Å². The number of hydrogen-bond donors (Lipinski definition) is 0. The summed E-state index contributed by atoms with van der Waals surface area (Å²) in [6, 6.07) is 25.7. The molecule has 30 heavy (non-hydrogen) atoms. The van der Waals surface area contributed by atoms with Crippen LogP contribution in [0, 0.1) is 11.3 Å². The number of rotatable bonds is 3. The molecule has 0 saturated heterocycles. The second-order valence-electron chi connectivity index (χ2n) is 6.72. The molecule has 0 fully saturated rings. The van der Waals surface area contributed by atoms with Crippen LogP contribution >= 0.6 is 11.3 Å². The van der Waals surface area contributed by atoms with Gasteiger partial charge in [0.05, 0.1) is 22.9 Å². The number of ether oxygens (including phenoxy) is 2. The van der Waals surface area contributed by atoms with E-state index in [-0.39, 0.29) is 0 Å². The highest BCUT2D eigenvalue weighted by molar-refractivity contribution is 7.19. The molecule has 0 radical (unpaired) electrons. The van der Waals surface area contributed by atoms with Gasteiger partial charge in [-0.05, 0) is 48.5 Å². The minimum absolute atomic E-state index is 0.540. The van der Waals surface area contributed by atoms with Gasteiger partial charge in [0.25, 0.3) is 0 Å². The van der Waals surface area contributed by atoms with Crippen LogP contribution in [0.3, 0.4) is 0 Å². The molecule has 0 unspecified atom stereocenters. The largest absolute Gasteiger partial charge is 0.497 e. The van der Waals surface area contributed by atoms with Gasteiger partial charge in [0, 0.05) is 16.7 Å². The van der Waals surface area contributed by atoms with Crippen molar-refractivity contribution in [3.8, 4) is 17.6 Å². The summed E-state index contributed by atoms with van der Waals surface area (Å²) < 4.78 is 12.5. The van der Waals surface area contributed by atoms with E-state index in [1.165, 1.54) is 11.3 Å². The number of nitrogens with zero attached hydrogens (tertiary/aromatic N) is 2. The topological polar surface area (TPSA) is 55.1 Å². The van der Waals surface area contributed by atoms with Crippen LogP contribution in [0.2, 0.25) is 0 Å². The van der Waals surface area contributed by atoms with Crippen molar-refractivity contribution in [3.63, 3.8) is 0 Å². The summed E-state index contributed by atoms with van der Waals surface area (Å²) in [5, 5.41) is 10.8. The number of methoxy groups -OCH3 is 1. The molecule has 2 heterocycles. The molecule has 5 heteroatoms. The van der Waals surface area contributed by atoms with Gasteiger partial charge in [-0.2, -0.15) is 5.26 Å². The van der Waals surface area contributed by atoms with Gasteiger partial charge in [-0.1, -0.05) is 30.3 Å². The molecule has 0 saturated carbocycles. The van der Waals surface area contributed by atoms with Crippen LogP contribution in [-0.2, 0) is 0 Å². The normalized spacial score (nSPS) is 14.3. The third-order valence-electron chi connectivity index (χ3n) is 4.94. The van der Waals surface area contributed by atoms with E-state index in [0.29, 0.717) is 16.3 Å². The second-order valence-corrected chi connectivity index (χ2v) is 7.75. The summed E-state index contributed by atoms with van der Waals surface area (Å²) in [6.45, 7) is 0. The fourth-order valence-corrected chi connectivity index (χ4v) is 4.42. The van der Waals surface area contributed by atoms with Crippen molar-refractivity contribution in [2.24, 2.45) is 0 Å². The molecule has 5 rings (SSSR count). The Kier molecular flexibility index (Phi) is 4.55. The molecular weight excluding hydrogens is 392 g/mol. The molecule has 3 aromatic carbocycles. The molecule has 4 aromatic rings. The zero-order chi connectivity index (χ0) is 20.5. The number of allylic oxidation sites excluding steroid dienone is 3. The minimum Gasteiger partial charge on any atom is -0.497 e. The van der Waals surface area contributed by atoms with Gasteiger partial charge >= 0.3 is 0 Å². The van der Waals surface area contributed by atoms with Gasteiger partial charge < -0.3 is 9.47 Å². The second kappa shape index (κ2) is 7.51. The Balaban J connectivity index is 1.71. The maximum absolute atomic E-state index is 10.1. The van der Waals surface area contributed by atoms with Crippen molar-refractivity contribution >= 4 is 38.5 Å². The molecule has 4 nitrogen and oxygen atoms in total. The zero-order valence-electron chi connectivity index (χ0n) is 16.1. The molecule has 144 valence electrons. The summed E-state index contributed by atoms with van der Waals surface area (Å²) in [7, 11) is 1.64. The molecule has 1 aromatic heterocycles. The fourth-order valence-electron chi connectivity index (χ4n) is 3.44. The van der Waals surface area contributed by atoms with E-state index in [0.717, 1.165) is 38.4 Å². The highest BCUT2D eigenvalue weighted by Gasteiger charge is 2.23. The van der Waals surface area contributed by atoms with Crippen molar-refractivity contribution in [2.75, 3.05) is 7.11 Å². The van der Waals surface area contributed by atoms with E-state index >= 15 is 0 Å². The summed E-state index contributed by atoms with van der Waals surface area (Å²) in [6.07, 6.45) is 1.93. The molecule has 0 N–H and O–H groups in total. The fraction of sp³-hybridized carbons (Fsp3) is 0.0400. The van der Waals surface area contributed by atoms with E-state index in [4.69, 9.17) is 14.5 Å². The lowest BCUT2D eigenvalue weighted by Gasteiger charge is -2.21. The lowest BCUT2D eigenvalue weighted by molar-refractivity contribution is 0.414. The molecule has 1 aliphatic rings. The van der Waals surface area contributed by atoms with Crippen molar-refractivity contribution < 1.29 is 9.47 Å². The van der Waals surface area contributed by atoms with E-state index in [2.05, 4.69) is 6.07 Å². The summed E-state index contributed by atoms with van der Waals surface area (Å²) in [4.78, 5) is 4.70. The lowest BCUT2D eigenvalue weighted by Crippen LogP contribution is -2.05. The van der Waals surface area contributed by atoms with Gasteiger partial charge in [0.15, 0.2) is 0 Å². The lowest BCUT2D eigenvalue weighted by atomic mass is 9.95. The van der Waals surface area contributed by atoms with Gasteiger partial charge in [0.1, 0.15) is 28.3 Å². The third kappa shape index (κ3) is 3.14. The first kappa shape index (κ1) is 18.2. The van der Waals surface area contributed by atoms with Gasteiger partial charge in [0.2, 0.25) is 0 Å². The Labute approximate surface area is 178 Å². The van der Waals surface area contributed by atoms with Gasteiger partial charge in [-0.3, -0.25) is 0 Å². The predicted octanol–water partition coefficient (Wildman–Crippen LogP) is 6.17. The first-order valence-corrected chi connectivity index (χ1v) is 10.2. The van der Waals surface area contributed by atoms with Crippen LogP contribution in [0.4, 0.5) is 0 Å². The SMILES string of the molecule is COc1ccc(C2=C/C(=C(\C#N)c3nc4ccccc4s3)c3ccccc3O2)cc1. The number of thiazole rings is 1. The van der Waals surface area contributed by atoms with Gasteiger partial charge in [-0.15, -0.1) is 11.3 Å². The average Bonchev–Trinajstić information content (AvgIpc) is 3.23.